The van der Waals surface area contributed by atoms with Crippen LogP contribution in [0.3, 0.4) is 0 Å². The van der Waals surface area contributed by atoms with Crippen molar-refractivity contribution in [2.45, 2.75) is 31.7 Å². The molecule has 2 rings (SSSR count). The molecule has 1 aromatic carbocycles. The van der Waals surface area contributed by atoms with Gasteiger partial charge in [-0.3, -0.25) is 9.59 Å². The van der Waals surface area contributed by atoms with Crippen LogP contribution in [0.25, 0.3) is 0 Å². The molecule has 1 aromatic rings. The Bertz CT molecular complexity index is 529. The second-order valence-electron chi connectivity index (χ2n) is 4.89. The summed E-state index contributed by atoms with van der Waals surface area (Å²) in [7, 11) is 0. The number of halogens is 2. The van der Waals surface area contributed by atoms with E-state index < -0.39 is 17.7 Å². The van der Waals surface area contributed by atoms with Crippen LogP contribution in [0.2, 0.25) is 0 Å². The SMILES string of the molecule is O=C(O)CN(C(=O)c1ccc(Br)c(F)c1)C1CCCC1. The summed E-state index contributed by atoms with van der Waals surface area (Å²) in [6, 6.07) is 4.02. The van der Waals surface area contributed by atoms with Crippen molar-refractivity contribution >= 4 is 27.8 Å². The lowest BCUT2D eigenvalue weighted by Gasteiger charge is -2.27. The monoisotopic (exact) mass is 343 g/mol. The number of carbonyl (C=O) groups excluding carboxylic acids is 1. The van der Waals surface area contributed by atoms with Crippen molar-refractivity contribution in [3.8, 4) is 0 Å². The number of aliphatic carboxylic acids is 1. The molecule has 0 heterocycles. The molecule has 0 radical (unpaired) electrons. The van der Waals surface area contributed by atoms with E-state index in [4.69, 9.17) is 5.11 Å². The summed E-state index contributed by atoms with van der Waals surface area (Å²) in [5.41, 5.74) is 0.179. The molecule has 0 atom stereocenters. The summed E-state index contributed by atoms with van der Waals surface area (Å²) in [5, 5.41) is 8.96. The largest absolute Gasteiger partial charge is 0.480 e. The van der Waals surface area contributed by atoms with Gasteiger partial charge in [-0.15, -0.1) is 0 Å². The maximum Gasteiger partial charge on any atom is 0.323 e. The van der Waals surface area contributed by atoms with E-state index in [1.807, 2.05) is 0 Å². The molecule has 1 aliphatic rings. The smallest absolute Gasteiger partial charge is 0.323 e. The van der Waals surface area contributed by atoms with Gasteiger partial charge in [-0.1, -0.05) is 12.8 Å². The summed E-state index contributed by atoms with van der Waals surface area (Å²) in [5.74, 6) is -2.01. The Morgan fingerprint density at radius 1 is 1.35 bits per heavy atom. The van der Waals surface area contributed by atoms with E-state index in [2.05, 4.69) is 15.9 Å². The van der Waals surface area contributed by atoms with Gasteiger partial charge in [-0.25, -0.2) is 4.39 Å². The number of benzene rings is 1. The quantitative estimate of drug-likeness (QED) is 0.913. The van der Waals surface area contributed by atoms with Crippen molar-refractivity contribution in [1.82, 2.24) is 4.90 Å². The number of hydrogen-bond acceptors (Lipinski definition) is 2. The van der Waals surface area contributed by atoms with Crippen LogP contribution >= 0.6 is 15.9 Å². The predicted octanol–water partition coefficient (Wildman–Crippen LogP) is 3.06. The number of hydrogen-bond donors (Lipinski definition) is 1. The van der Waals surface area contributed by atoms with Gasteiger partial charge in [0.15, 0.2) is 0 Å². The fourth-order valence-electron chi connectivity index (χ4n) is 2.52. The summed E-state index contributed by atoms with van der Waals surface area (Å²) in [4.78, 5) is 24.7. The van der Waals surface area contributed by atoms with E-state index in [1.54, 1.807) is 0 Å². The fourth-order valence-corrected chi connectivity index (χ4v) is 2.77. The molecule has 0 unspecified atom stereocenters. The first kappa shape index (κ1) is 15.0. The highest BCUT2D eigenvalue weighted by Crippen LogP contribution is 2.25. The first-order valence-corrected chi connectivity index (χ1v) is 7.26. The van der Waals surface area contributed by atoms with Crippen LogP contribution in [0.5, 0.6) is 0 Å². The molecule has 0 spiro atoms. The Labute approximate surface area is 124 Å². The first-order valence-electron chi connectivity index (χ1n) is 6.47. The third-order valence-corrected chi connectivity index (χ3v) is 4.14. The van der Waals surface area contributed by atoms with Crippen molar-refractivity contribution in [2.24, 2.45) is 0 Å². The third-order valence-electron chi connectivity index (χ3n) is 3.50. The van der Waals surface area contributed by atoms with Gasteiger partial charge in [0.1, 0.15) is 12.4 Å². The zero-order valence-electron chi connectivity index (χ0n) is 10.8. The van der Waals surface area contributed by atoms with Gasteiger partial charge in [-0.05, 0) is 47.0 Å². The van der Waals surface area contributed by atoms with Gasteiger partial charge in [0.25, 0.3) is 5.91 Å². The average molecular weight is 344 g/mol. The second-order valence-corrected chi connectivity index (χ2v) is 5.75. The summed E-state index contributed by atoms with van der Waals surface area (Å²) in [6.07, 6.45) is 3.58. The molecule has 1 fully saturated rings. The van der Waals surface area contributed by atoms with E-state index in [9.17, 15) is 14.0 Å². The van der Waals surface area contributed by atoms with Crippen molar-refractivity contribution in [1.29, 1.82) is 0 Å². The van der Waals surface area contributed by atoms with Crippen molar-refractivity contribution in [3.05, 3.63) is 34.1 Å². The minimum atomic E-state index is -1.05. The molecule has 1 saturated carbocycles. The molecular formula is C14H15BrFNO3. The number of amides is 1. The first-order chi connectivity index (χ1) is 9.49. The maximum absolute atomic E-state index is 13.5. The van der Waals surface area contributed by atoms with Crippen LogP contribution in [0.1, 0.15) is 36.0 Å². The van der Waals surface area contributed by atoms with Gasteiger partial charge in [-0.2, -0.15) is 0 Å². The highest BCUT2D eigenvalue weighted by Gasteiger charge is 2.29. The van der Waals surface area contributed by atoms with Crippen LogP contribution in [0, 0.1) is 5.82 Å². The summed E-state index contributed by atoms with van der Waals surface area (Å²) in [6.45, 7) is -0.346. The predicted molar refractivity (Wildman–Crippen MR) is 75.0 cm³/mol. The normalized spacial score (nSPS) is 15.3. The number of carboxylic acid groups (broad SMARTS) is 1. The van der Waals surface area contributed by atoms with Gasteiger partial charge in [0.2, 0.25) is 0 Å². The number of rotatable bonds is 4. The molecule has 0 aromatic heterocycles. The zero-order chi connectivity index (χ0) is 14.7. The number of carbonyl (C=O) groups is 2. The molecule has 1 N–H and O–H groups in total. The topological polar surface area (TPSA) is 57.6 Å². The number of nitrogens with zero attached hydrogens (tertiary/aromatic N) is 1. The third kappa shape index (κ3) is 3.36. The Hall–Kier alpha value is -1.43. The minimum Gasteiger partial charge on any atom is -0.480 e. The fraction of sp³-hybridized carbons (Fsp3) is 0.429. The molecule has 1 amide bonds. The molecule has 0 aliphatic heterocycles. The van der Waals surface area contributed by atoms with Gasteiger partial charge < -0.3 is 10.0 Å². The number of carboxylic acids is 1. The van der Waals surface area contributed by atoms with Crippen molar-refractivity contribution < 1.29 is 19.1 Å². The van der Waals surface area contributed by atoms with Gasteiger partial charge in [0.05, 0.1) is 4.47 Å². The van der Waals surface area contributed by atoms with Crippen LogP contribution in [-0.2, 0) is 4.79 Å². The highest BCUT2D eigenvalue weighted by atomic mass is 79.9. The van der Waals surface area contributed by atoms with Crippen LogP contribution in [-0.4, -0.2) is 34.5 Å². The van der Waals surface area contributed by atoms with E-state index in [1.165, 1.54) is 17.0 Å². The lowest BCUT2D eigenvalue weighted by Crippen LogP contribution is -2.42. The summed E-state index contributed by atoms with van der Waals surface area (Å²) < 4.78 is 13.8. The maximum atomic E-state index is 13.5. The van der Waals surface area contributed by atoms with Crippen molar-refractivity contribution in [2.75, 3.05) is 6.54 Å². The Balaban J connectivity index is 2.24. The highest BCUT2D eigenvalue weighted by molar-refractivity contribution is 9.10. The molecule has 0 bridgehead atoms. The second kappa shape index (κ2) is 6.35. The van der Waals surface area contributed by atoms with Crippen LogP contribution < -0.4 is 0 Å². The molecular weight excluding hydrogens is 329 g/mol. The zero-order valence-corrected chi connectivity index (χ0v) is 12.4. The van der Waals surface area contributed by atoms with E-state index in [-0.39, 0.29) is 22.6 Å². The van der Waals surface area contributed by atoms with Gasteiger partial charge in [0, 0.05) is 11.6 Å². The molecule has 0 saturated heterocycles. The minimum absolute atomic E-state index is 0.0645. The Morgan fingerprint density at radius 2 is 2.00 bits per heavy atom. The molecule has 6 heteroatoms. The van der Waals surface area contributed by atoms with E-state index in [0.717, 1.165) is 31.7 Å². The molecule has 4 nitrogen and oxygen atoms in total. The Morgan fingerprint density at radius 3 is 2.55 bits per heavy atom. The lowest BCUT2D eigenvalue weighted by atomic mass is 10.1. The molecule has 20 heavy (non-hydrogen) atoms. The van der Waals surface area contributed by atoms with Crippen molar-refractivity contribution in [3.63, 3.8) is 0 Å². The lowest BCUT2D eigenvalue weighted by molar-refractivity contribution is -0.138. The Kier molecular flexibility index (Phi) is 4.75. The van der Waals surface area contributed by atoms with Gasteiger partial charge >= 0.3 is 5.97 Å². The van der Waals surface area contributed by atoms with Crippen LogP contribution in [0.4, 0.5) is 4.39 Å². The molecule has 1 aliphatic carbocycles. The van der Waals surface area contributed by atoms with Crippen LogP contribution in [0.15, 0.2) is 22.7 Å². The summed E-state index contributed by atoms with van der Waals surface area (Å²) >= 11 is 3.03. The molecule has 108 valence electrons. The van der Waals surface area contributed by atoms with E-state index >= 15 is 0 Å². The standard InChI is InChI=1S/C14H15BrFNO3/c15-11-6-5-9(7-12(11)16)14(20)17(8-13(18)19)10-3-1-2-4-10/h5-7,10H,1-4,8H2,(H,18,19). The van der Waals surface area contributed by atoms with E-state index in [0.29, 0.717) is 0 Å². The average Bonchev–Trinajstić information content (AvgIpc) is 2.92.